The number of carbonyl (C=O) groups excluding carboxylic acids is 1. The van der Waals surface area contributed by atoms with E-state index in [-0.39, 0.29) is 24.6 Å². The smallest absolute Gasteiger partial charge is 0.348 e. The van der Waals surface area contributed by atoms with E-state index in [1.807, 2.05) is 0 Å². The maximum atomic E-state index is 13.2. The van der Waals surface area contributed by atoms with E-state index in [1.165, 1.54) is 31.0 Å². The Kier molecular flexibility index (Phi) is 4.97. The van der Waals surface area contributed by atoms with Gasteiger partial charge in [-0.15, -0.1) is 0 Å². The number of ether oxygens (including phenoxy) is 1. The molecule has 0 spiro atoms. The fourth-order valence-corrected chi connectivity index (χ4v) is 3.31. The number of rotatable bonds is 6. The molecule has 0 unspecified atom stereocenters. The summed E-state index contributed by atoms with van der Waals surface area (Å²) in [6, 6.07) is 4.04. The van der Waals surface area contributed by atoms with Crippen LogP contribution in [0.4, 0.5) is 4.39 Å². The van der Waals surface area contributed by atoms with Crippen molar-refractivity contribution in [3.63, 3.8) is 0 Å². The summed E-state index contributed by atoms with van der Waals surface area (Å²) in [5.41, 5.74) is -0.806. The number of aryl methyl sites for hydroxylation is 1. The molecule has 6 heteroatoms. The fourth-order valence-electron chi connectivity index (χ4n) is 3.31. The molecule has 1 N–H and O–H groups in total. The quantitative estimate of drug-likeness (QED) is 0.857. The molecule has 2 aliphatic rings. The number of carboxylic acids is 1. The monoisotopic (exact) mass is 349 g/mol. The Bertz CT molecular complexity index is 663. The summed E-state index contributed by atoms with van der Waals surface area (Å²) in [6.07, 6.45) is 4.39. The molecule has 3 rings (SSSR count). The Hall–Kier alpha value is -2.11. The average Bonchev–Trinajstić information content (AvgIpc) is 3.40. The zero-order valence-electron chi connectivity index (χ0n) is 14.5. The third kappa shape index (κ3) is 4.11. The molecule has 0 atom stereocenters. The van der Waals surface area contributed by atoms with Crippen LogP contribution in [0.2, 0.25) is 0 Å². The average molecular weight is 349 g/mol. The molecular formula is C19H24FNO4. The van der Waals surface area contributed by atoms with Gasteiger partial charge in [-0.1, -0.05) is 12.8 Å². The minimum Gasteiger partial charge on any atom is -0.478 e. The van der Waals surface area contributed by atoms with Gasteiger partial charge in [-0.25, -0.2) is 9.18 Å². The zero-order chi connectivity index (χ0) is 18.0. The zero-order valence-corrected chi connectivity index (χ0v) is 14.5. The lowest BCUT2D eigenvalue weighted by Gasteiger charge is -2.39. The lowest BCUT2D eigenvalue weighted by atomic mass is 9.90. The van der Waals surface area contributed by atoms with Gasteiger partial charge in [0.15, 0.2) is 0 Å². The topological polar surface area (TPSA) is 66.8 Å². The number of aliphatic carboxylic acids is 1. The number of amides is 1. The first-order chi connectivity index (χ1) is 11.9. The van der Waals surface area contributed by atoms with Crippen LogP contribution in [0.3, 0.4) is 0 Å². The molecule has 0 aromatic heterocycles. The van der Waals surface area contributed by atoms with E-state index in [4.69, 9.17) is 4.74 Å². The van der Waals surface area contributed by atoms with Gasteiger partial charge in [0.05, 0.1) is 0 Å². The number of hydrogen-bond donors (Lipinski definition) is 1. The second kappa shape index (κ2) is 7.02. The molecular weight excluding hydrogens is 325 g/mol. The largest absolute Gasteiger partial charge is 0.478 e. The minimum absolute atomic E-state index is 0.101. The predicted octanol–water partition coefficient (Wildman–Crippen LogP) is 3.15. The van der Waals surface area contributed by atoms with Crippen LogP contribution in [0, 0.1) is 18.7 Å². The van der Waals surface area contributed by atoms with Gasteiger partial charge in [-0.05, 0) is 43.0 Å². The van der Waals surface area contributed by atoms with E-state index in [9.17, 15) is 19.1 Å². The molecule has 1 heterocycles. The first kappa shape index (κ1) is 17.7. The van der Waals surface area contributed by atoms with E-state index >= 15 is 0 Å². The highest BCUT2D eigenvalue weighted by molar-refractivity contribution is 5.80. The lowest BCUT2D eigenvalue weighted by Crippen LogP contribution is -2.54. The van der Waals surface area contributed by atoms with Crippen LogP contribution < -0.4 is 4.74 Å². The van der Waals surface area contributed by atoms with Crippen LogP contribution >= 0.6 is 0 Å². The van der Waals surface area contributed by atoms with E-state index in [0.717, 1.165) is 6.42 Å². The highest BCUT2D eigenvalue weighted by Crippen LogP contribution is 2.35. The number of likely N-dealkylation sites (tertiary alicyclic amines) is 1. The lowest BCUT2D eigenvalue weighted by molar-refractivity contribution is -0.161. The molecule has 1 amide bonds. The minimum atomic E-state index is -1.37. The van der Waals surface area contributed by atoms with Gasteiger partial charge in [0.2, 0.25) is 11.5 Å². The third-order valence-electron chi connectivity index (χ3n) is 5.22. The van der Waals surface area contributed by atoms with Crippen molar-refractivity contribution in [1.29, 1.82) is 0 Å². The summed E-state index contributed by atoms with van der Waals surface area (Å²) in [4.78, 5) is 25.9. The Morgan fingerprint density at radius 3 is 2.56 bits per heavy atom. The molecule has 0 radical (unpaired) electrons. The Morgan fingerprint density at radius 2 is 2.00 bits per heavy atom. The van der Waals surface area contributed by atoms with Crippen molar-refractivity contribution in [2.24, 2.45) is 5.92 Å². The van der Waals surface area contributed by atoms with E-state index in [1.54, 1.807) is 11.8 Å². The van der Waals surface area contributed by atoms with Gasteiger partial charge in [0, 0.05) is 32.4 Å². The van der Waals surface area contributed by atoms with E-state index < -0.39 is 11.6 Å². The van der Waals surface area contributed by atoms with Crippen LogP contribution in [0.15, 0.2) is 18.2 Å². The summed E-state index contributed by atoms with van der Waals surface area (Å²) in [7, 11) is 0. The van der Waals surface area contributed by atoms with Gasteiger partial charge < -0.3 is 14.7 Å². The van der Waals surface area contributed by atoms with Crippen LogP contribution in [-0.4, -0.2) is 40.6 Å². The van der Waals surface area contributed by atoms with Crippen molar-refractivity contribution >= 4 is 11.9 Å². The number of halogens is 1. The molecule has 1 aliphatic heterocycles. The number of nitrogens with zero attached hydrogens (tertiary/aromatic N) is 1. The van der Waals surface area contributed by atoms with Gasteiger partial charge in [0.25, 0.3) is 0 Å². The maximum absolute atomic E-state index is 13.2. The number of carboxylic acid groups (broad SMARTS) is 1. The molecule has 136 valence electrons. The van der Waals surface area contributed by atoms with Crippen LogP contribution in [-0.2, 0) is 9.59 Å². The highest BCUT2D eigenvalue weighted by Gasteiger charge is 2.45. The van der Waals surface area contributed by atoms with Gasteiger partial charge in [-0.2, -0.15) is 0 Å². The van der Waals surface area contributed by atoms with Crippen molar-refractivity contribution in [1.82, 2.24) is 4.90 Å². The second-order valence-corrected chi connectivity index (χ2v) is 7.17. The summed E-state index contributed by atoms with van der Waals surface area (Å²) in [6.45, 7) is 2.43. The van der Waals surface area contributed by atoms with Crippen molar-refractivity contribution in [3.8, 4) is 5.75 Å². The Labute approximate surface area is 146 Å². The molecule has 1 saturated heterocycles. The maximum Gasteiger partial charge on any atom is 0.348 e. The Balaban J connectivity index is 1.64. The van der Waals surface area contributed by atoms with Crippen molar-refractivity contribution in [3.05, 3.63) is 29.6 Å². The fraction of sp³-hybridized carbons (Fsp3) is 0.579. The third-order valence-corrected chi connectivity index (χ3v) is 5.22. The normalized spacial score (nSPS) is 19.5. The first-order valence-corrected chi connectivity index (χ1v) is 8.86. The van der Waals surface area contributed by atoms with Gasteiger partial charge >= 0.3 is 5.97 Å². The molecule has 2 fully saturated rings. The summed E-state index contributed by atoms with van der Waals surface area (Å²) in [5, 5.41) is 9.70. The predicted molar refractivity (Wildman–Crippen MR) is 89.9 cm³/mol. The van der Waals surface area contributed by atoms with Crippen LogP contribution in [0.1, 0.15) is 44.1 Å². The number of piperidine rings is 1. The van der Waals surface area contributed by atoms with Gasteiger partial charge in [0.1, 0.15) is 11.6 Å². The number of carbonyl (C=O) groups is 2. The van der Waals surface area contributed by atoms with Crippen molar-refractivity contribution in [2.45, 2.75) is 51.0 Å². The van der Waals surface area contributed by atoms with Gasteiger partial charge in [-0.3, -0.25) is 4.79 Å². The second-order valence-electron chi connectivity index (χ2n) is 7.17. The molecule has 1 saturated carbocycles. The summed E-state index contributed by atoms with van der Waals surface area (Å²) in [5.74, 6) is -0.246. The molecule has 1 aromatic carbocycles. The van der Waals surface area contributed by atoms with E-state index in [2.05, 4.69) is 0 Å². The van der Waals surface area contributed by atoms with Crippen LogP contribution in [0.25, 0.3) is 0 Å². The SMILES string of the molecule is Cc1cc(F)ccc1OC1(C(=O)O)CCN(C(=O)CCC2CC2)CC1. The first-order valence-electron chi connectivity index (χ1n) is 8.86. The molecule has 1 aromatic rings. The molecule has 0 bridgehead atoms. The standard InChI is InChI=1S/C19H24FNO4/c1-13-12-15(20)5-6-16(13)25-19(18(23)24)8-10-21(11-9-19)17(22)7-4-14-2-3-14/h5-6,12,14H,2-4,7-11H2,1H3,(H,23,24). The highest BCUT2D eigenvalue weighted by atomic mass is 19.1. The van der Waals surface area contributed by atoms with Crippen molar-refractivity contribution in [2.75, 3.05) is 13.1 Å². The van der Waals surface area contributed by atoms with Crippen LogP contribution in [0.5, 0.6) is 5.75 Å². The summed E-state index contributed by atoms with van der Waals surface area (Å²) >= 11 is 0. The molecule has 25 heavy (non-hydrogen) atoms. The molecule has 1 aliphatic carbocycles. The number of benzene rings is 1. The van der Waals surface area contributed by atoms with Crippen molar-refractivity contribution < 1.29 is 23.8 Å². The molecule has 5 nitrogen and oxygen atoms in total. The number of hydrogen-bond acceptors (Lipinski definition) is 3. The summed E-state index contributed by atoms with van der Waals surface area (Å²) < 4.78 is 19.1. The van der Waals surface area contributed by atoms with E-state index in [0.29, 0.717) is 36.7 Å². The Morgan fingerprint density at radius 1 is 1.32 bits per heavy atom.